The minimum absolute atomic E-state index is 0.235. The van der Waals surface area contributed by atoms with E-state index in [1.807, 2.05) is 24.3 Å². The maximum atomic E-state index is 12.2. The third kappa shape index (κ3) is 3.62. The van der Waals surface area contributed by atoms with E-state index in [1.54, 1.807) is 24.8 Å². The van der Waals surface area contributed by atoms with Crippen LogP contribution in [0.25, 0.3) is 10.8 Å². The molecule has 2 aromatic heterocycles. The van der Waals surface area contributed by atoms with Crippen molar-refractivity contribution in [3.05, 3.63) is 57.7 Å². The van der Waals surface area contributed by atoms with E-state index in [0.29, 0.717) is 23.0 Å². The number of thiazole rings is 1. The number of nitrogens with one attached hydrogen (secondary N) is 1. The standard InChI is InChI=1S/C16H13BrN2O3S/c1-21-13-5-4-11(17)7-10(13)8-18-15(20)12-9-23-16(19-12)14-3-2-6-22-14/h2-7,9H,8H2,1H3,(H,18,20). The molecule has 0 radical (unpaired) electrons. The van der Waals surface area contributed by atoms with Crippen molar-refractivity contribution in [2.24, 2.45) is 0 Å². The molecule has 0 fully saturated rings. The molecule has 2 heterocycles. The molecule has 23 heavy (non-hydrogen) atoms. The smallest absolute Gasteiger partial charge is 0.271 e. The van der Waals surface area contributed by atoms with Crippen molar-refractivity contribution in [2.45, 2.75) is 6.54 Å². The number of aromatic nitrogens is 1. The lowest BCUT2D eigenvalue weighted by molar-refractivity contribution is 0.0946. The second-order valence-corrected chi connectivity index (χ2v) is 6.43. The van der Waals surface area contributed by atoms with Gasteiger partial charge >= 0.3 is 0 Å². The summed E-state index contributed by atoms with van der Waals surface area (Å²) >= 11 is 4.78. The SMILES string of the molecule is COc1ccc(Br)cc1CNC(=O)c1csc(-c2ccco2)n1. The molecule has 0 atom stereocenters. The average Bonchev–Trinajstić information content (AvgIpc) is 3.23. The summed E-state index contributed by atoms with van der Waals surface area (Å²) in [6.07, 6.45) is 1.58. The van der Waals surface area contributed by atoms with E-state index in [0.717, 1.165) is 15.8 Å². The fourth-order valence-corrected chi connectivity index (χ4v) is 3.22. The average molecular weight is 393 g/mol. The zero-order chi connectivity index (χ0) is 16.2. The number of nitrogens with zero attached hydrogens (tertiary/aromatic N) is 1. The van der Waals surface area contributed by atoms with Crippen LogP contribution in [0.4, 0.5) is 0 Å². The third-order valence-electron chi connectivity index (χ3n) is 3.15. The highest BCUT2D eigenvalue weighted by atomic mass is 79.9. The van der Waals surface area contributed by atoms with Crippen LogP contribution >= 0.6 is 27.3 Å². The summed E-state index contributed by atoms with van der Waals surface area (Å²) in [7, 11) is 1.60. The van der Waals surface area contributed by atoms with Gasteiger partial charge in [-0.1, -0.05) is 15.9 Å². The van der Waals surface area contributed by atoms with Crippen molar-refractivity contribution in [3.63, 3.8) is 0 Å². The highest BCUT2D eigenvalue weighted by molar-refractivity contribution is 9.10. The van der Waals surface area contributed by atoms with E-state index in [4.69, 9.17) is 9.15 Å². The number of carbonyl (C=O) groups is 1. The first-order valence-electron chi connectivity index (χ1n) is 6.77. The molecule has 3 rings (SSSR count). The Hall–Kier alpha value is -2.12. The quantitative estimate of drug-likeness (QED) is 0.709. The van der Waals surface area contributed by atoms with Crippen LogP contribution in [0.5, 0.6) is 5.75 Å². The number of hydrogen-bond donors (Lipinski definition) is 1. The van der Waals surface area contributed by atoms with E-state index >= 15 is 0 Å². The molecule has 0 saturated heterocycles. The Labute approximate surface area is 145 Å². The topological polar surface area (TPSA) is 64.4 Å². The van der Waals surface area contributed by atoms with E-state index in [9.17, 15) is 4.79 Å². The summed E-state index contributed by atoms with van der Waals surface area (Å²) in [6.45, 7) is 0.356. The second-order valence-electron chi connectivity index (χ2n) is 4.65. The zero-order valence-electron chi connectivity index (χ0n) is 12.2. The van der Waals surface area contributed by atoms with Crippen LogP contribution in [0.3, 0.4) is 0 Å². The second kappa shape index (κ2) is 6.97. The number of rotatable bonds is 5. The van der Waals surface area contributed by atoms with Gasteiger partial charge in [-0.15, -0.1) is 11.3 Å². The molecule has 118 valence electrons. The number of ether oxygens (including phenoxy) is 1. The normalized spacial score (nSPS) is 10.5. The van der Waals surface area contributed by atoms with E-state index in [2.05, 4.69) is 26.2 Å². The molecule has 1 N–H and O–H groups in total. The lowest BCUT2D eigenvalue weighted by Crippen LogP contribution is -2.23. The Morgan fingerprint density at radius 3 is 3.04 bits per heavy atom. The molecule has 3 aromatic rings. The molecule has 0 spiro atoms. The minimum atomic E-state index is -0.235. The predicted molar refractivity (Wildman–Crippen MR) is 91.7 cm³/mol. The Morgan fingerprint density at radius 2 is 2.30 bits per heavy atom. The van der Waals surface area contributed by atoms with E-state index in [-0.39, 0.29) is 5.91 Å². The van der Waals surface area contributed by atoms with Crippen molar-refractivity contribution in [1.82, 2.24) is 10.3 Å². The Balaban J connectivity index is 1.69. The van der Waals surface area contributed by atoms with Crippen LogP contribution < -0.4 is 10.1 Å². The van der Waals surface area contributed by atoms with Gasteiger partial charge in [0.2, 0.25) is 0 Å². The number of amides is 1. The fourth-order valence-electron chi connectivity index (χ4n) is 2.04. The number of benzene rings is 1. The number of hydrogen-bond acceptors (Lipinski definition) is 5. The Morgan fingerprint density at radius 1 is 1.43 bits per heavy atom. The lowest BCUT2D eigenvalue weighted by Gasteiger charge is -2.09. The molecule has 0 aliphatic rings. The Bertz CT molecular complexity index is 815. The van der Waals surface area contributed by atoms with Crippen LogP contribution in [0.1, 0.15) is 16.1 Å². The molecule has 1 amide bonds. The molecule has 0 saturated carbocycles. The molecule has 0 aliphatic carbocycles. The maximum Gasteiger partial charge on any atom is 0.271 e. The van der Waals surface area contributed by atoms with Gasteiger partial charge in [-0.3, -0.25) is 4.79 Å². The maximum absolute atomic E-state index is 12.2. The third-order valence-corrected chi connectivity index (χ3v) is 4.50. The predicted octanol–water partition coefficient (Wildman–Crippen LogP) is 4.10. The molecular weight excluding hydrogens is 380 g/mol. The van der Waals surface area contributed by atoms with Gasteiger partial charge in [-0.2, -0.15) is 0 Å². The first-order valence-corrected chi connectivity index (χ1v) is 8.44. The van der Waals surface area contributed by atoms with Crippen molar-refractivity contribution in [1.29, 1.82) is 0 Å². The molecule has 7 heteroatoms. The van der Waals surface area contributed by atoms with Gasteiger partial charge in [0, 0.05) is 22.0 Å². The molecular formula is C16H13BrN2O3S. The molecule has 0 unspecified atom stereocenters. The molecule has 0 bridgehead atoms. The van der Waals surface area contributed by atoms with Crippen molar-refractivity contribution < 1.29 is 13.9 Å². The number of halogens is 1. The van der Waals surface area contributed by atoms with Crippen LogP contribution in [0.15, 0.2) is 50.9 Å². The zero-order valence-corrected chi connectivity index (χ0v) is 14.6. The summed E-state index contributed by atoms with van der Waals surface area (Å²) in [6, 6.07) is 9.25. The highest BCUT2D eigenvalue weighted by Crippen LogP contribution is 2.25. The van der Waals surface area contributed by atoms with Crippen molar-refractivity contribution in [3.8, 4) is 16.5 Å². The molecule has 0 aliphatic heterocycles. The highest BCUT2D eigenvalue weighted by Gasteiger charge is 2.14. The van der Waals surface area contributed by atoms with Gasteiger partial charge in [-0.25, -0.2) is 4.98 Å². The van der Waals surface area contributed by atoms with Gasteiger partial charge in [0.05, 0.1) is 13.4 Å². The monoisotopic (exact) mass is 392 g/mol. The van der Waals surface area contributed by atoms with Crippen LogP contribution in [-0.2, 0) is 6.54 Å². The Kier molecular flexibility index (Phi) is 4.78. The lowest BCUT2D eigenvalue weighted by atomic mass is 10.2. The van der Waals surface area contributed by atoms with Crippen LogP contribution in [0.2, 0.25) is 0 Å². The van der Waals surface area contributed by atoms with Crippen molar-refractivity contribution in [2.75, 3.05) is 7.11 Å². The summed E-state index contributed by atoms with van der Waals surface area (Å²) in [5.74, 6) is 1.15. The van der Waals surface area contributed by atoms with Gasteiger partial charge < -0.3 is 14.5 Å². The van der Waals surface area contributed by atoms with Crippen molar-refractivity contribution >= 4 is 33.2 Å². The molecule has 1 aromatic carbocycles. The summed E-state index contributed by atoms with van der Waals surface area (Å²) in [4.78, 5) is 16.5. The minimum Gasteiger partial charge on any atom is -0.496 e. The first-order chi connectivity index (χ1) is 11.2. The summed E-state index contributed by atoms with van der Waals surface area (Å²) in [5.41, 5.74) is 1.26. The summed E-state index contributed by atoms with van der Waals surface area (Å²) < 4.78 is 11.5. The van der Waals surface area contributed by atoms with E-state index < -0.39 is 0 Å². The first kappa shape index (κ1) is 15.8. The van der Waals surface area contributed by atoms with Crippen LogP contribution in [-0.4, -0.2) is 18.0 Å². The van der Waals surface area contributed by atoms with Gasteiger partial charge in [0.25, 0.3) is 5.91 Å². The fraction of sp³-hybridized carbons (Fsp3) is 0.125. The van der Waals surface area contributed by atoms with Crippen LogP contribution in [0, 0.1) is 0 Å². The molecule has 5 nitrogen and oxygen atoms in total. The number of methoxy groups -OCH3 is 1. The number of furan rings is 1. The summed E-state index contributed by atoms with van der Waals surface area (Å²) in [5, 5.41) is 5.24. The van der Waals surface area contributed by atoms with Gasteiger partial charge in [0.1, 0.15) is 11.4 Å². The largest absolute Gasteiger partial charge is 0.496 e. The number of carbonyl (C=O) groups excluding carboxylic acids is 1. The van der Waals surface area contributed by atoms with E-state index in [1.165, 1.54) is 11.3 Å². The van der Waals surface area contributed by atoms with Gasteiger partial charge in [-0.05, 0) is 30.3 Å². The van der Waals surface area contributed by atoms with Gasteiger partial charge in [0.15, 0.2) is 10.8 Å².